The van der Waals surface area contributed by atoms with E-state index in [1.165, 1.54) is 6.42 Å². The third-order valence-electron chi connectivity index (χ3n) is 2.33. The largest absolute Gasteiger partial charge is 0.354 e. The predicted octanol–water partition coefficient (Wildman–Crippen LogP) is 1.15. The highest BCUT2D eigenvalue weighted by atomic mass is 35.5. The van der Waals surface area contributed by atoms with Crippen LogP contribution in [-0.4, -0.2) is 29.6 Å². The first-order valence-electron chi connectivity index (χ1n) is 4.77. The average Bonchev–Trinajstić information content (AvgIpc) is 2.70. The molecule has 1 aliphatic rings. The lowest BCUT2D eigenvalue weighted by Crippen LogP contribution is -2.18. The minimum absolute atomic E-state index is 0.568. The molecule has 1 aromatic heterocycles. The van der Waals surface area contributed by atoms with Gasteiger partial charge in [0.25, 0.3) is 0 Å². The van der Waals surface area contributed by atoms with Crippen LogP contribution in [0, 0.1) is 5.92 Å². The highest BCUT2D eigenvalue weighted by Crippen LogP contribution is 2.09. The second-order valence-electron chi connectivity index (χ2n) is 3.46. The van der Waals surface area contributed by atoms with E-state index in [0.29, 0.717) is 16.9 Å². The summed E-state index contributed by atoms with van der Waals surface area (Å²) in [4.78, 5) is 8.13. The maximum Gasteiger partial charge on any atom is 0.222 e. The summed E-state index contributed by atoms with van der Waals surface area (Å²) in [6.45, 7) is 3.13. The lowest BCUT2D eigenvalue weighted by molar-refractivity contribution is 0.613. The van der Waals surface area contributed by atoms with Crippen molar-refractivity contribution in [3.05, 3.63) is 17.4 Å². The molecule has 0 spiro atoms. The molecule has 1 fully saturated rings. The predicted molar refractivity (Wildman–Crippen MR) is 56.5 cm³/mol. The Morgan fingerprint density at radius 1 is 1.50 bits per heavy atom. The van der Waals surface area contributed by atoms with Crippen LogP contribution in [0.2, 0.25) is 5.02 Å². The Morgan fingerprint density at radius 2 is 2.29 bits per heavy atom. The van der Waals surface area contributed by atoms with Gasteiger partial charge in [-0.1, -0.05) is 11.6 Å². The van der Waals surface area contributed by atoms with Gasteiger partial charge in [-0.2, -0.15) is 0 Å². The zero-order chi connectivity index (χ0) is 9.80. The summed E-state index contributed by atoms with van der Waals surface area (Å²) in [5.41, 5.74) is 0. The van der Waals surface area contributed by atoms with Crippen LogP contribution in [0.15, 0.2) is 12.4 Å². The molecule has 1 aromatic rings. The van der Waals surface area contributed by atoms with Gasteiger partial charge in [-0.15, -0.1) is 0 Å². The summed E-state index contributed by atoms with van der Waals surface area (Å²) in [7, 11) is 0. The smallest absolute Gasteiger partial charge is 0.222 e. The summed E-state index contributed by atoms with van der Waals surface area (Å²) < 4.78 is 0. The van der Waals surface area contributed by atoms with E-state index in [2.05, 4.69) is 20.6 Å². The second kappa shape index (κ2) is 4.57. The highest BCUT2D eigenvalue weighted by molar-refractivity contribution is 6.30. The van der Waals surface area contributed by atoms with Crippen LogP contribution >= 0.6 is 11.6 Å². The van der Waals surface area contributed by atoms with Crippen molar-refractivity contribution < 1.29 is 0 Å². The van der Waals surface area contributed by atoms with Crippen LogP contribution in [0.5, 0.6) is 0 Å². The maximum atomic E-state index is 5.68. The molecule has 2 rings (SSSR count). The lowest BCUT2D eigenvalue weighted by Gasteiger charge is -2.09. The summed E-state index contributed by atoms with van der Waals surface area (Å²) in [5.74, 6) is 1.34. The molecule has 1 aliphatic heterocycles. The van der Waals surface area contributed by atoms with Crippen molar-refractivity contribution in [3.8, 4) is 0 Å². The van der Waals surface area contributed by atoms with Crippen molar-refractivity contribution in [3.63, 3.8) is 0 Å². The molecular weight excluding hydrogens is 200 g/mol. The standard InChI is InChI=1S/C9H13ClN4/c10-8-5-13-9(14-6-8)12-4-7-1-2-11-3-7/h5-7,11H,1-4H2,(H,12,13,14). The van der Waals surface area contributed by atoms with E-state index in [1.807, 2.05) is 0 Å². The third kappa shape index (κ3) is 2.56. The number of nitrogens with one attached hydrogen (secondary N) is 2. The molecule has 14 heavy (non-hydrogen) atoms. The molecule has 0 aromatic carbocycles. The van der Waals surface area contributed by atoms with Gasteiger partial charge in [-0.25, -0.2) is 9.97 Å². The third-order valence-corrected chi connectivity index (χ3v) is 2.53. The zero-order valence-electron chi connectivity index (χ0n) is 7.83. The lowest BCUT2D eigenvalue weighted by atomic mass is 10.1. The molecule has 1 saturated heterocycles. The van der Waals surface area contributed by atoms with Gasteiger partial charge < -0.3 is 10.6 Å². The monoisotopic (exact) mass is 212 g/mol. The Balaban J connectivity index is 1.82. The van der Waals surface area contributed by atoms with Gasteiger partial charge in [-0.05, 0) is 25.4 Å². The van der Waals surface area contributed by atoms with Crippen LogP contribution < -0.4 is 10.6 Å². The van der Waals surface area contributed by atoms with E-state index in [9.17, 15) is 0 Å². The van der Waals surface area contributed by atoms with Gasteiger partial charge in [0.15, 0.2) is 0 Å². The summed E-state index contributed by atoms with van der Waals surface area (Å²) >= 11 is 5.68. The molecular formula is C9H13ClN4. The van der Waals surface area contributed by atoms with E-state index in [1.54, 1.807) is 12.4 Å². The molecule has 1 atom stereocenters. The maximum absolute atomic E-state index is 5.68. The first-order chi connectivity index (χ1) is 6.84. The molecule has 0 bridgehead atoms. The number of hydrogen-bond acceptors (Lipinski definition) is 4. The summed E-state index contributed by atoms with van der Waals surface area (Å²) in [6, 6.07) is 0. The average molecular weight is 213 g/mol. The quantitative estimate of drug-likeness (QED) is 0.790. The molecule has 0 amide bonds. The number of halogens is 1. The van der Waals surface area contributed by atoms with Crippen molar-refractivity contribution in [1.29, 1.82) is 0 Å². The van der Waals surface area contributed by atoms with Gasteiger partial charge in [-0.3, -0.25) is 0 Å². The van der Waals surface area contributed by atoms with Crippen molar-refractivity contribution in [2.24, 2.45) is 5.92 Å². The van der Waals surface area contributed by atoms with Crippen molar-refractivity contribution in [1.82, 2.24) is 15.3 Å². The van der Waals surface area contributed by atoms with E-state index in [-0.39, 0.29) is 0 Å². The van der Waals surface area contributed by atoms with Crippen molar-refractivity contribution in [2.75, 3.05) is 25.0 Å². The first-order valence-corrected chi connectivity index (χ1v) is 5.14. The molecule has 5 heteroatoms. The van der Waals surface area contributed by atoms with Crippen molar-refractivity contribution >= 4 is 17.5 Å². The fourth-order valence-corrected chi connectivity index (χ4v) is 1.63. The number of aromatic nitrogens is 2. The molecule has 0 radical (unpaired) electrons. The number of rotatable bonds is 3. The second-order valence-corrected chi connectivity index (χ2v) is 3.90. The molecule has 2 N–H and O–H groups in total. The van der Waals surface area contributed by atoms with Gasteiger partial charge in [0.05, 0.1) is 17.4 Å². The topological polar surface area (TPSA) is 49.8 Å². The SMILES string of the molecule is Clc1cnc(NCC2CCNC2)nc1. The Morgan fingerprint density at radius 3 is 2.93 bits per heavy atom. The van der Waals surface area contributed by atoms with E-state index in [4.69, 9.17) is 11.6 Å². The Hall–Kier alpha value is -0.870. The van der Waals surface area contributed by atoms with Gasteiger partial charge in [0, 0.05) is 6.54 Å². The van der Waals surface area contributed by atoms with E-state index < -0.39 is 0 Å². The number of anilines is 1. The summed E-state index contributed by atoms with van der Waals surface area (Å²) in [5, 5.41) is 7.08. The minimum atomic E-state index is 0.568. The number of nitrogens with zero attached hydrogens (tertiary/aromatic N) is 2. The van der Waals surface area contributed by atoms with Crippen LogP contribution in [0.25, 0.3) is 0 Å². The fourth-order valence-electron chi connectivity index (χ4n) is 1.53. The first kappa shape index (κ1) is 9.68. The Kier molecular flexibility index (Phi) is 3.16. The highest BCUT2D eigenvalue weighted by Gasteiger charge is 2.13. The van der Waals surface area contributed by atoms with Crippen LogP contribution in [-0.2, 0) is 0 Å². The number of hydrogen-bond donors (Lipinski definition) is 2. The molecule has 2 heterocycles. The van der Waals surface area contributed by atoms with Crippen LogP contribution in [0.1, 0.15) is 6.42 Å². The Labute approximate surface area is 88.1 Å². The van der Waals surface area contributed by atoms with E-state index >= 15 is 0 Å². The summed E-state index contributed by atoms with van der Waals surface area (Å²) in [6.07, 6.45) is 4.42. The van der Waals surface area contributed by atoms with E-state index in [0.717, 1.165) is 19.6 Å². The van der Waals surface area contributed by atoms with Gasteiger partial charge >= 0.3 is 0 Å². The molecule has 4 nitrogen and oxygen atoms in total. The Bertz CT molecular complexity index is 281. The minimum Gasteiger partial charge on any atom is -0.354 e. The van der Waals surface area contributed by atoms with Crippen LogP contribution in [0.4, 0.5) is 5.95 Å². The molecule has 76 valence electrons. The van der Waals surface area contributed by atoms with Crippen LogP contribution in [0.3, 0.4) is 0 Å². The molecule has 0 saturated carbocycles. The van der Waals surface area contributed by atoms with Gasteiger partial charge in [0.1, 0.15) is 0 Å². The van der Waals surface area contributed by atoms with Gasteiger partial charge in [0.2, 0.25) is 5.95 Å². The molecule has 0 aliphatic carbocycles. The fraction of sp³-hybridized carbons (Fsp3) is 0.556. The molecule has 1 unspecified atom stereocenters. The van der Waals surface area contributed by atoms with Crippen molar-refractivity contribution in [2.45, 2.75) is 6.42 Å². The zero-order valence-corrected chi connectivity index (χ0v) is 8.59. The normalized spacial score (nSPS) is 21.1.